The standard InChI is InChI=1S/C13H9F2N3O2.C13H16N2O3S.C4H10N2/c1-19-13-10(15)6-17-12(18-13)7-20-11-3-2-9(14)4-8(11)5-16;1-2-12-14-10-5-4-9(13(17)18)8-11(10)15(12)19-7-3-6-16;1-2-6-4-3-5-1/h2-4,6H,7H2,1H3;4-5,8,16H,2-3,6-7H2,1H3,(H,17,18);5-6H,1-4H2. The van der Waals surface area contributed by atoms with Gasteiger partial charge in [-0.2, -0.15) is 14.6 Å². The van der Waals surface area contributed by atoms with Crippen LogP contribution in [-0.4, -0.2) is 80.8 Å². The molecule has 0 spiro atoms. The third kappa shape index (κ3) is 10.6. The lowest BCUT2D eigenvalue weighted by atomic mass is 10.2. The average Bonchev–Trinajstić information content (AvgIpc) is 3.43. The van der Waals surface area contributed by atoms with Gasteiger partial charge in [0.25, 0.3) is 5.88 Å². The van der Waals surface area contributed by atoms with Crippen molar-refractivity contribution in [2.45, 2.75) is 26.4 Å². The highest BCUT2D eigenvalue weighted by molar-refractivity contribution is 7.98. The van der Waals surface area contributed by atoms with Crippen LogP contribution in [0.3, 0.4) is 0 Å². The van der Waals surface area contributed by atoms with E-state index in [9.17, 15) is 13.6 Å². The van der Waals surface area contributed by atoms with Gasteiger partial charge in [0.05, 0.1) is 35.5 Å². The Hall–Kier alpha value is -4.36. The maximum absolute atomic E-state index is 13.1. The van der Waals surface area contributed by atoms with E-state index in [2.05, 4.69) is 25.6 Å². The van der Waals surface area contributed by atoms with Crippen molar-refractivity contribution < 1.29 is 33.3 Å². The number of aromatic carboxylic acids is 1. The summed E-state index contributed by atoms with van der Waals surface area (Å²) in [6.07, 6.45) is 2.44. The van der Waals surface area contributed by atoms with E-state index in [1.807, 2.05) is 17.0 Å². The fraction of sp³-hybridized carbons (Fsp3) is 0.367. The molecule has 0 saturated carbocycles. The summed E-state index contributed by atoms with van der Waals surface area (Å²) in [7, 11) is 1.28. The third-order valence-corrected chi connectivity index (χ3v) is 7.23. The fourth-order valence-electron chi connectivity index (χ4n) is 3.88. The van der Waals surface area contributed by atoms with E-state index >= 15 is 0 Å². The number of aryl methyl sites for hydroxylation is 1. The number of aliphatic hydroxyl groups excluding tert-OH is 1. The van der Waals surface area contributed by atoms with Crippen LogP contribution in [0, 0.1) is 23.0 Å². The van der Waals surface area contributed by atoms with Crippen molar-refractivity contribution in [1.29, 1.82) is 5.26 Å². The number of imidazole rings is 1. The molecule has 2 aromatic heterocycles. The first kappa shape index (κ1) is 35.1. The molecule has 45 heavy (non-hydrogen) atoms. The largest absolute Gasteiger partial charge is 0.484 e. The molecule has 1 aliphatic heterocycles. The minimum Gasteiger partial charge on any atom is -0.484 e. The highest BCUT2D eigenvalue weighted by Gasteiger charge is 2.13. The second kappa shape index (κ2) is 18.4. The quantitative estimate of drug-likeness (QED) is 0.186. The Bertz CT molecular complexity index is 1580. The minimum atomic E-state index is -0.937. The molecule has 1 aliphatic rings. The van der Waals surface area contributed by atoms with Gasteiger partial charge in [0.2, 0.25) is 5.82 Å². The molecule has 2 aromatic carbocycles. The summed E-state index contributed by atoms with van der Waals surface area (Å²) in [4.78, 5) is 23.0. The Morgan fingerprint density at radius 3 is 2.47 bits per heavy atom. The number of halogens is 2. The summed E-state index contributed by atoms with van der Waals surface area (Å²) < 4.78 is 38.1. The lowest BCUT2D eigenvalue weighted by Crippen LogP contribution is -2.39. The van der Waals surface area contributed by atoms with Gasteiger partial charge in [-0.3, -0.25) is 3.97 Å². The van der Waals surface area contributed by atoms with Gasteiger partial charge in [0.15, 0.2) is 5.82 Å². The fourth-order valence-corrected chi connectivity index (χ4v) is 4.93. The zero-order chi connectivity index (χ0) is 32.6. The van der Waals surface area contributed by atoms with Gasteiger partial charge >= 0.3 is 5.97 Å². The highest BCUT2D eigenvalue weighted by Crippen LogP contribution is 2.24. The van der Waals surface area contributed by atoms with Crippen LogP contribution >= 0.6 is 11.9 Å². The molecule has 1 fully saturated rings. The van der Waals surface area contributed by atoms with E-state index in [1.165, 1.54) is 19.2 Å². The van der Waals surface area contributed by atoms with Gasteiger partial charge in [-0.1, -0.05) is 6.92 Å². The van der Waals surface area contributed by atoms with Crippen molar-refractivity contribution >= 4 is 29.0 Å². The normalized spacial score (nSPS) is 12.3. The van der Waals surface area contributed by atoms with Gasteiger partial charge in [0, 0.05) is 45.0 Å². The summed E-state index contributed by atoms with van der Waals surface area (Å²) in [5.74, 6) is -0.292. The predicted molar refractivity (Wildman–Crippen MR) is 165 cm³/mol. The SMILES string of the molecule is C1CNCCN1.CCc1nc2ccc(C(=O)O)cc2n1SCCCO.COc1nc(COc2ccc(F)cc2C#N)ncc1F. The Balaban J connectivity index is 0.000000207. The summed E-state index contributed by atoms with van der Waals surface area (Å²) in [6, 6.07) is 10.3. The van der Waals surface area contributed by atoms with E-state index in [-0.39, 0.29) is 41.8 Å². The number of carbonyl (C=O) groups is 1. The summed E-state index contributed by atoms with van der Waals surface area (Å²) in [6.45, 7) is 6.63. The lowest BCUT2D eigenvalue weighted by molar-refractivity contribution is 0.0697. The topological polar surface area (TPSA) is 167 Å². The number of aliphatic hydroxyl groups is 1. The first-order valence-electron chi connectivity index (χ1n) is 14.1. The van der Waals surface area contributed by atoms with Crippen LogP contribution in [0.15, 0.2) is 42.6 Å². The second-order valence-corrected chi connectivity index (χ2v) is 10.3. The molecule has 0 bridgehead atoms. The lowest BCUT2D eigenvalue weighted by Gasteiger charge is -2.11. The Labute approximate surface area is 263 Å². The van der Waals surface area contributed by atoms with Gasteiger partial charge < -0.3 is 30.3 Å². The maximum Gasteiger partial charge on any atom is 0.335 e. The van der Waals surface area contributed by atoms with Crippen LogP contribution in [0.2, 0.25) is 0 Å². The molecule has 0 unspecified atom stereocenters. The molecule has 0 atom stereocenters. The van der Waals surface area contributed by atoms with E-state index in [4.69, 9.17) is 24.9 Å². The Morgan fingerprint density at radius 1 is 1.13 bits per heavy atom. The van der Waals surface area contributed by atoms with Gasteiger partial charge in [-0.05, 0) is 54.8 Å². The number of hydrogen-bond acceptors (Lipinski definition) is 11. The van der Waals surface area contributed by atoms with Crippen LogP contribution < -0.4 is 20.1 Å². The van der Waals surface area contributed by atoms with E-state index < -0.39 is 17.6 Å². The number of nitrogens with zero attached hydrogens (tertiary/aromatic N) is 5. The number of carboxylic acid groups (broad SMARTS) is 1. The number of aromatic nitrogens is 4. The smallest absolute Gasteiger partial charge is 0.335 e. The maximum atomic E-state index is 13.1. The molecular formula is C30H35F2N7O5S. The zero-order valence-electron chi connectivity index (χ0n) is 24.9. The van der Waals surface area contributed by atoms with Gasteiger partial charge in [-0.25, -0.2) is 19.2 Å². The number of hydrogen-bond donors (Lipinski definition) is 4. The van der Waals surface area contributed by atoms with Crippen LogP contribution in [-0.2, 0) is 13.0 Å². The monoisotopic (exact) mass is 643 g/mol. The Morgan fingerprint density at radius 2 is 1.87 bits per heavy atom. The first-order chi connectivity index (χ1) is 21.8. The number of piperazine rings is 1. The number of rotatable bonds is 10. The molecular weight excluding hydrogens is 608 g/mol. The molecule has 4 N–H and O–H groups in total. The number of nitrogens with one attached hydrogen (secondary N) is 2. The number of methoxy groups -OCH3 is 1. The number of nitriles is 1. The van der Waals surface area contributed by atoms with Gasteiger partial charge in [0.1, 0.15) is 30.1 Å². The molecule has 0 aliphatic carbocycles. The molecule has 4 aromatic rings. The average molecular weight is 644 g/mol. The van der Waals surface area contributed by atoms with Crippen molar-refractivity contribution in [3.63, 3.8) is 0 Å². The first-order valence-corrected chi connectivity index (χ1v) is 15.0. The van der Waals surface area contributed by atoms with E-state index in [0.717, 1.165) is 67.5 Å². The minimum absolute atomic E-state index is 0.0547. The summed E-state index contributed by atoms with van der Waals surface area (Å²) in [5, 5.41) is 33.2. The molecule has 3 heterocycles. The zero-order valence-corrected chi connectivity index (χ0v) is 25.7. The van der Waals surface area contributed by atoms with Crippen LogP contribution in [0.5, 0.6) is 11.6 Å². The van der Waals surface area contributed by atoms with Gasteiger partial charge in [-0.15, -0.1) is 0 Å². The predicted octanol–water partition coefficient (Wildman–Crippen LogP) is 3.57. The molecule has 0 radical (unpaired) electrons. The van der Waals surface area contributed by atoms with Crippen molar-refractivity contribution in [3.05, 3.63) is 77.0 Å². The van der Waals surface area contributed by atoms with E-state index in [0.29, 0.717) is 6.42 Å². The van der Waals surface area contributed by atoms with Crippen molar-refractivity contribution in [2.24, 2.45) is 0 Å². The molecule has 0 amide bonds. The molecule has 240 valence electrons. The van der Waals surface area contributed by atoms with Crippen LogP contribution in [0.1, 0.15) is 40.9 Å². The molecule has 5 rings (SSSR count). The van der Waals surface area contributed by atoms with Crippen LogP contribution in [0.25, 0.3) is 11.0 Å². The highest BCUT2D eigenvalue weighted by atomic mass is 32.2. The summed E-state index contributed by atoms with van der Waals surface area (Å²) in [5.41, 5.74) is 1.94. The van der Waals surface area contributed by atoms with Crippen molar-refractivity contribution in [2.75, 3.05) is 45.6 Å². The molecule has 12 nitrogen and oxygen atoms in total. The number of carboxylic acids is 1. The molecule has 15 heteroatoms. The van der Waals surface area contributed by atoms with Crippen molar-refractivity contribution in [1.82, 2.24) is 29.6 Å². The third-order valence-electron chi connectivity index (χ3n) is 6.10. The van der Waals surface area contributed by atoms with Crippen molar-refractivity contribution in [3.8, 4) is 17.7 Å². The molecule has 1 saturated heterocycles. The summed E-state index contributed by atoms with van der Waals surface area (Å²) >= 11 is 1.55. The van der Waals surface area contributed by atoms with E-state index in [1.54, 1.807) is 30.1 Å². The second-order valence-electron chi connectivity index (χ2n) is 9.28. The number of benzene rings is 2. The van der Waals surface area contributed by atoms with Crippen LogP contribution in [0.4, 0.5) is 8.78 Å². The Kier molecular flexibility index (Phi) is 14.4. The number of ether oxygens (including phenoxy) is 2. The number of fused-ring (bicyclic) bond motifs is 1.